The molecule has 1 aromatic carbocycles. The summed E-state index contributed by atoms with van der Waals surface area (Å²) in [5.74, 6) is 1.67. The van der Waals surface area contributed by atoms with Crippen LogP contribution in [0.25, 0.3) is 11.5 Å². The molecule has 0 atom stereocenters. The van der Waals surface area contributed by atoms with Crippen LogP contribution < -0.4 is 10.5 Å². The minimum atomic E-state index is -3.72. The van der Waals surface area contributed by atoms with Gasteiger partial charge in [-0.15, -0.1) is 0 Å². The zero-order valence-corrected chi connectivity index (χ0v) is 19.9. The third-order valence-corrected chi connectivity index (χ3v) is 6.68. The Balaban J connectivity index is 1.33. The predicted molar refractivity (Wildman–Crippen MR) is 125 cm³/mol. The van der Waals surface area contributed by atoms with E-state index in [-0.39, 0.29) is 4.90 Å². The molecule has 1 saturated heterocycles. The minimum Gasteiger partial charge on any atom is -0.361 e. The number of thiocarbonyl (C=S) groups is 1. The molecule has 1 aliphatic rings. The van der Waals surface area contributed by atoms with Gasteiger partial charge in [0.25, 0.3) is 5.89 Å². The van der Waals surface area contributed by atoms with E-state index in [2.05, 4.69) is 30.4 Å². The monoisotopic (exact) mass is 491 g/mol. The van der Waals surface area contributed by atoms with Gasteiger partial charge in [0.2, 0.25) is 10.0 Å². The number of primary sulfonamides is 1. The molecule has 0 spiro atoms. The summed E-state index contributed by atoms with van der Waals surface area (Å²) in [4.78, 5) is 8.92. The van der Waals surface area contributed by atoms with E-state index in [0.717, 1.165) is 38.2 Å². The highest BCUT2D eigenvalue weighted by molar-refractivity contribution is 7.89. The second-order valence-electron chi connectivity index (χ2n) is 7.83. The lowest BCUT2D eigenvalue weighted by molar-refractivity contribution is 0.266. The molecule has 176 valence electrons. The van der Waals surface area contributed by atoms with Crippen LogP contribution in [0.4, 0.5) is 5.69 Å². The summed E-state index contributed by atoms with van der Waals surface area (Å²) in [6.45, 7) is 7.40. The second-order valence-corrected chi connectivity index (χ2v) is 9.78. The van der Waals surface area contributed by atoms with Crippen LogP contribution in [0.2, 0.25) is 0 Å². The highest BCUT2D eigenvalue weighted by atomic mass is 32.2. The molecule has 4 rings (SSSR count). The first kappa shape index (κ1) is 23.3. The molecule has 33 heavy (non-hydrogen) atoms. The standard InChI is InChI=1S/C20H25N7O4S2/c1-13-18(14(2)30-24-13)19-23-17(25-31-19)12-26-8-3-9-27(11-10-26)20(32)22-15-4-6-16(7-5-15)33(21,28)29/h4-7H,3,8-12H2,1-2H3,(H,22,32)(H2,21,28,29). The summed E-state index contributed by atoms with van der Waals surface area (Å²) >= 11 is 5.56. The van der Waals surface area contributed by atoms with Gasteiger partial charge in [-0.05, 0) is 56.8 Å². The van der Waals surface area contributed by atoms with Crippen molar-refractivity contribution in [3.05, 3.63) is 41.5 Å². The van der Waals surface area contributed by atoms with E-state index in [0.29, 0.717) is 40.5 Å². The molecule has 0 radical (unpaired) electrons. The molecule has 0 unspecified atom stereocenters. The first-order valence-corrected chi connectivity index (χ1v) is 12.3. The zero-order chi connectivity index (χ0) is 23.6. The number of hydrogen-bond donors (Lipinski definition) is 2. The van der Waals surface area contributed by atoms with Crippen LogP contribution in [-0.2, 0) is 16.6 Å². The maximum atomic E-state index is 11.4. The summed E-state index contributed by atoms with van der Waals surface area (Å²) in [5, 5.41) is 16.9. The molecule has 11 nitrogen and oxygen atoms in total. The number of rotatable bonds is 5. The van der Waals surface area contributed by atoms with Crippen molar-refractivity contribution in [1.29, 1.82) is 0 Å². The molecule has 0 amide bonds. The van der Waals surface area contributed by atoms with Gasteiger partial charge in [-0.25, -0.2) is 13.6 Å². The number of anilines is 1. The van der Waals surface area contributed by atoms with Crippen molar-refractivity contribution < 1.29 is 17.5 Å². The van der Waals surface area contributed by atoms with Gasteiger partial charge in [0.15, 0.2) is 10.9 Å². The van der Waals surface area contributed by atoms with E-state index in [1.165, 1.54) is 12.1 Å². The largest absolute Gasteiger partial charge is 0.361 e. The number of nitrogens with one attached hydrogen (secondary N) is 1. The van der Waals surface area contributed by atoms with Gasteiger partial charge in [-0.1, -0.05) is 10.3 Å². The van der Waals surface area contributed by atoms with Crippen molar-refractivity contribution in [3.63, 3.8) is 0 Å². The fourth-order valence-electron chi connectivity index (χ4n) is 3.67. The number of nitrogens with two attached hydrogens (primary N) is 1. The quantitative estimate of drug-likeness (QED) is 0.505. The number of benzene rings is 1. The smallest absolute Gasteiger partial charge is 0.263 e. The molecule has 2 aromatic heterocycles. The van der Waals surface area contributed by atoms with Gasteiger partial charge in [0.1, 0.15) is 11.3 Å². The maximum Gasteiger partial charge on any atom is 0.263 e. The lowest BCUT2D eigenvalue weighted by Crippen LogP contribution is -2.37. The summed E-state index contributed by atoms with van der Waals surface area (Å²) in [5.41, 5.74) is 2.16. The van der Waals surface area contributed by atoms with E-state index in [9.17, 15) is 8.42 Å². The number of aryl methyl sites for hydroxylation is 2. The Bertz CT molecular complexity index is 1220. The van der Waals surface area contributed by atoms with Crippen molar-refractivity contribution in [2.24, 2.45) is 5.14 Å². The molecule has 1 aliphatic heterocycles. The Labute approximate surface area is 197 Å². The van der Waals surface area contributed by atoms with Crippen molar-refractivity contribution in [1.82, 2.24) is 25.1 Å². The first-order valence-electron chi connectivity index (χ1n) is 10.4. The van der Waals surface area contributed by atoms with E-state index in [1.54, 1.807) is 12.1 Å². The lowest BCUT2D eigenvalue weighted by Gasteiger charge is -2.24. The summed E-state index contributed by atoms with van der Waals surface area (Å²) < 4.78 is 33.4. The summed E-state index contributed by atoms with van der Waals surface area (Å²) in [6, 6.07) is 6.18. The van der Waals surface area contributed by atoms with Crippen LogP contribution >= 0.6 is 12.2 Å². The number of sulfonamides is 1. The highest BCUT2D eigenvalue weighted by Crippen LogP contribution is 2.25. The zero-order valence-electron chi connectivity index (χ0n) is 18.3. The second kappa shape index (κ2) is 9.55. The Morgan fingerprint density at radius 3 is 2.55 bits per heavy atom. The van der Waals surface area contributed by atoms with E-state index < -0.39 is 10.0 Å². The average molecular weight is 492 g/mol. The first-order chi connectivity index (χ1) is 15.7. The molecule has 3 heterocycles. The fourth-order valence-corrected chi connectivity index (χ4v) is 4.49. The van der Waals surface area contributed by atoms with Gasteiger partial charge in [-0.2, -0.15) is 4.98 Å². The molecule has 0 bridgehead atoms. The topological polar surface area (TPSA) is 144 Å². The normalized spacial score (nSPS) is 15.4. The molecule has 3 N–H and O–H groups in total. The molecule has 0 aliphatic carbocycles. The van der Waals surface area contributed by atoms with Crippen LogP contribution in [-0.4, -0.2) is 64.8 Å². The molecule has 0 saturated carbocycles. The van der Waals surface area contributed by atoms with Crippen LogP contribution in [0, 0.1) is 13.8 Å². The fraction of sp³-hybridized carbons (Fsp3) is 0.400. The summed E-state index contributed by atoms with van der Waals surface area (Å²) in [6.07, 6.45) is 0.917. The van der Waals surface area contributed by atoms with Crippen molar-refractivity contribution in [2.45, 2.75) is 31.7 Å². The Morgan fingerprint density at radius 1 is 1.12 bits per heavy atom. The van der Waals surface area contributed by atoms with Crippen LogP contribution in [0.1, 0.15) is 23.7 Å². The number of hydrogen-bond acceptors (Lipinski definition) is 9. The highest BCUT2D eigenvalue weighted by Gasteiger charge is 2.21. The molecule has 13 heteroatoms. The van der Waals surface area contributed by atoms with Gasteiger partial charge in [-0.3, -0.25) is 4.90 Å². The van der Waals surface area contributed by atoms with E-state index >= 15 is 0 Å². The van der Waals surface area contributed by atoms with Gasteiger partial charge in [0, 0.05) is 31.9 Å². The number of aromatic nitrogens is 3. The van der Waals surface area contributed by atoms with Crippen molar-refractivity contribution >= 4 is 33.0 Å². The minimum absolute atomic E-state index is 0.0587. The van der Waals surface area contributed by atoms with Crippen molar-refractivity contribution in [2.75, 3.05) is 31.5 Å². The SMILES string of the molecule is Cc1noc(C)c1-c1nc(CN2CCCN(C(=S)Nc3ccc(S(N)(=O)=O)cc3)CC2)no1. The van der Waals surface area contributed by atoms with Crippen LogP contribution in [0.3, 0.4) is 0 Å². The third-order valence-electron chi connectivity index (χ3n) is 5.39. The van der Waals surface area contributed by atoms with Gasteiger partial charge >= 0.3 is 0 Å². The molecular formula is C20H25N7O4S2. The Morgan fingerprint density at radius 2 is 1.88 bits per heavy atom. The maximum absolute atomic E-state index is 11.4. The Kier molecular flexibility index (Phi) is 6.74. The summed E-state index contributed by atoms with van der Waals surface area (Å²) in [7, 11) is -3.72. The van der Waals surface area contributed by atoms with E-state index in [1.807, 2.05) is 13.8 Å². The Hall–Kier alpha value is -2.87. The number of nitrogens with zero attached hydrogens (tertiary/aromatic N) is 5. The molecule has 3 aromatic rings. The molecular weight excluding hydrogens is 466 g/mol. The lowest BCUT2D eigenvalue weighted by atomic mass is 10.2. The molecule has 1 fully saturated rings. The van der Waals surface area contributed by atoms with Crippen LogP contribution in [0.15, 0.2) is 38.2 Å². The third kappa shape index (κ3) is 5.55. The van der Waals surface area contributed by atoms with Gasteiger partial charge < -0.3 is 19.3 Å². The average Bonchev–Trinajstić information content (AvgIpc) is 3.26. The van der Waals surface area contributed by atoms with Crippen LogP contribution in [0.5, 0.6) is 0 Å². The predicted octanol–water partition coefficient (Wildman–Crippen LogP) is 1.89. The van der Waals surface area contributed by atoms with Gasteiger partial charge in [0.05, 0.1) is 17.1 Å². The van der Waals surface area contributed by atoms with Crippen molar-refractivity contribution in [3.8, 4) is 11.5 Å². The van der Waals surface area contributed by atoms with E-state index in [4.69, 9.17) is 26.4 Å².